The third-order valence-electron chi connectivity index (χ3n) is 4.39. The summed E-state index contributed by atoms with van der Waals surface area (Å²) in [6, 6.07) is 12.7. The maximum absolute atomic E-state index is 13.0. The molecule has 2 aromatic carbocycles. The van der Waals surface area contributed by atoms with E-state index in [2.05, 4.69) is 0 Å². The van der Waals surface area contributed by atoms with Crippen molar-refractivity contribution in [3.05, 3.63) is 63.7 Å². The van der Waals surface area contributed by atoms with Crippen LogP contribution >= 0.6 is 7.67 Å². The van der Waals surface area contributed by atoms with Crippen molar-refractivity contribution in [2.45, 2.75) is 6.61 Å². The van der Waals surface area contributed by atoms with E-state index in [-0.39, 0.29) is 18.0 Å². The minimum atomic E-state index is -2.97. The lowest BCUT2D eigenvalue weighted by molar-refractivity contribution is -0.385. The fourth-order valence-corrected chi connectivity index (χ4v) is 4.89. The summed E-state index contributed by atoms with van der Waals surface area (Å²) >= 11 is 0. The van der Waals surface area contributed by atoms with Crippen molar-refractivity contribution in [2.75, 3.05) is 26.2 Å². The topological polar surface area (TPSA) is 108 Å². The molecule has 28 heavy (non-hydrogen) atoms. The predicted octanol–water partition coefficient (Wildman–Crippen LogP) is 3.51. The average Bonchev–Trinajstić information content (AvgIpc) is 3.58. The van der Waals surface area contributed by atoms with E-state index in [1.807, 2.05) is 6.07 Å². The number of nitro groups is 1. The number of nitro benzene ring substituents is 1. The highest BCUT2D eigenvalue weighted by Gasteiger charge is 2.49. The van der Waals surface area contributed by atoms with Crippen LogP contribution in [0.25, 0.3) is 0 Å². The molecule has 2 heterocycles. The monoisotopic (exact) mass is 400 g/mol. The van der Waals surface area contributed by atoms with Crippen LogP contribution in [0.2, 0.25) is 0 Å². The van der Waals surface area contributed by atoms with Gasteiger partial charge in [-0.2, -0.15) is 5.26 Å². The molecule has 9 nitrogen and oxygen atoms in total. The Morgan fingerprint density at radius 1 is 1.11 bits per heavy atom. The van der Waals surface area contributed by atoms with Gasteiger partial charge in [0.2, 0.25) is 5.75 Å². The number of ether oxygens (including phenoxy) is 1. The molecule has 2 aromatic rings. The van der Waals surface area contributed by atoms with Crippen LogP contribution in [0.5, 0.6) is 11.5 Å². The zero-order chi connectivity index (χ0) is 19.7. The van der Waals surface area contributed by atoms with Gasteiger partial charge in [-0.3, -0.25) is 14.7 Å². The molecular formula is C18H17N4O5P. The normalized spacial score (nSPS) is 16.4. The summed E-state index contributed by atoms with van der Waals surface area (Å²) in [6.45, 7) is 3.07. The summed E-state index contributed by atoms with van der Waals surface area (Å²) in [5, 5.41) is 20.2. The van der Waals surface area contributed by atoms with Gasteiger partial charge >= 0.3 is 13.4 Å². The summed E-state index contributed by atoms with van der Waals surface area (Å²) in [6.07, 6.45) is 0. The standard InChI is InChI=1S/C18H17N4O5P/c19-12-14-1-4-16(5-2-14)27-18-11-15(3-6-17(18)22(23)24)13-26-28(25,20-7-8-20)21-9-10-21/h1-6,11H,7-10,13H2. The van der Waals surface area contributed by atoms with Crippen LogP contribution in [0, 0.1) is 21.4 Å². The SMILES string of the molecule is N#Cc1ccc(Oc2cc(COP(=O)(N3CC3)N3CC3)ccc2[N+](=O)[O-])cc1. The van der Waals surface area contributed by atoms with Crippen molar-refractivity contribution >= 4 is 13.4 Å². The maximum Gasteiger partial charge on any atom is 0.346 e. The number of nitriles is 1. The van der Waals surface area contributed by atoms with E-state index in [0.717, 1.165) is 26.2 Å². The minimum absolute atomic E-state index is 0.0593. The molecule has 0 amide bonds. The van der Waals surface area contributed by atoms with Crippen LogP contribution in [-0.4, -0.2) is 40.4 Å². The molecule has 0 aliphatic carbocycles. The Labute approximate surface area is 161 Å². The van der Waals surface area contributed by atoms with Gasteiger partial charge in [0.25, 0.3) is 0 Å². The fraction of sp³-hybridized carbons (Fsp3) is 0.278. The number of nitrogens with zero attached hydrogens (tertiary/aromatic N) is 4. The van der Waals surface area contributed by atoms with E-state index in [0.29, 0.717) is 16.9 Å². The van der Waals surface area contributed by atoms with E-state index in [1.54, 1.807) is 39.7 Å². The Morgan fingerprint density at radius 2 is 1.75 bits per heavy atom. The van der Waals surface area contributed by atoms with Gasteiger partial charge in [0, 0.05) is 32.2 Å². The Bertz CT molecular complexity index is 980. The number of hydrogen-bond donors (Lipinski definition) is 0. The van der Waals surface area contributed by atoms with E-state index in [9.17, 15) is 14.7 Å². The molecule has 0 unspecified atom stereocenters. The first-order valence-electron chi connectivity index (χ1n) is 8.70. The Morgan fingerprint density at radius 3 is 2.29 bits per heavy atom. The Hall–Kier alpha value is -2.76. The highest BCUT2D eigenvalue weighted by Crippen LogP contribution is 2.61. The second-order valence-corrected chi connectivity index (χ2v) is 8.84. The van der Waals surface area contributed by atoms with Gasteiger partial charge in [-0.25, -0.2) is 9.34 Å². The van der Waals surface area contributed by atoms with Gasteiger partial charge < -0.3 is 9.26 Å². The van der Waals surface area contributed by atoms with Crippen LogP contribution in [0.15, 0.2) is 42.5 Å². The van der Waals surface area contributed by atoms with Gasteiger partial charge in [-0.05, 0) is 42.0 Å². The Balaban J connectivity index is 1.54. The molecular weight excluding hydrogens is 383 g/mol. The highest BCUT2D eigenvalue weighted by atomic mass is 31.2. The quantitative estimate of drug-likeness (QED) is 0.287. The number of benzene rings is 2. The van der Waals surface area contributed by atoms with Gasteiger partial charge in [-0.15, -0.1) is 0 Å². The first-order valence-corrected chi connectivity index (χ1v) is 10.2. The van der Waals surface area contributed by atoms with Crippen LogP contribution in [-0.2, 0) is 15.7 Å². The molecule has 2 aliphatic rings. The first-order chi connectivity index (χ1) is 13.5. The van der Waals surface area contributed by atoms with Crippen LogP contribution in [0.4, 0.5) is 5.69 Å². The molecule has 0 atom stereocenters. The molecule has 2 aliphatic heterocycles. The van der Waals surface area contributed by atoms with Crippen LogP contribution in [0.3, 0.4) is 0 Å². The first kappa shape index (κ1) is 18.6. The molecule has 0 N–H and O–H groups in total. The zero-order valence-corrected chi connectivity index (χ0v) is 15.7. The molecule has 0 radical (unpaired) electrons. The smallest absolute Gasteiger partial charge is 0.346 e. The Kier molecular flexibility index (Phi) is 4.87. The number of rotatable bonds is 8. The lowest BCUT2D eigenvalue weighted by atomic mass is 10.2. The van der Waals surface area contributed by atoms with Gasteiger partial charge in [-0.1, -0.05) is 0 Å². The van der Waals surface area contributed by atoms with Crippen molar-refractivity contribution in [2.24, 2.45) is 0 Å². The summed E-state index contributed by atoms with van der Waals surface area (Å²) in [7, 11) is -2.97. The van der Waals surface area contributed by atoms with E-state index >= 15 is 0 Å². The van der Waals surface area contributed by atoms with Crippen LogP contribution < -0.4 is 4.74 Å². The third kappa shape index (κ3) is 3.91. The van der Waals surface area contributed by atoms with Gasteiger partial charge in [0.05, 0.1) is 23.2 Å². The van der Waals surface area contributed by atoms with E-state index < -0.39 is 12.6 Å². The highest BCUT2D eigenvalue weighted by molar-refractivity contribution is 7.54. The van der Waals surface area contributed by atoms with Crippen molar-refractivity contribution in [3.63, 3.8) is 0 Å². The average molecular weight is 400 g/mol. The molecule has 10 heteroatoms. The van der Waals surface area contributed by atoms with E-state index in [1.165, 1.54) is 12.1 Å². The van der Waals surface area contributed by atoms with Crippen molar-refractivity contribution in [1.82, 2.24) is 9.34 Å². The third-order valence-corrected chi connectivity index (χ3v) is 7.09. The summed E-state index contributed by atoms with van der Waals surface area (Å²) in [5.74, 6) is 0.433. The summed E-state index contributed by atoms with van der Waals surface area (Å²) in [5.41, 5.74) is 0.899. The molecule has 2 saturated heterocycles. The molecule has 4 rings (SSSR count). The van der Waals surface area contributed by atoms with Crippen molar-refractivity contribution in [3.8, 4) is 17.6 Å². The van der Waals surface area contributed by atoms with E-state index in [4.69, 9.17) is 14.5 Å². The fourth-order valence-electron chi connectivity index (χ4n) is 2.70. The summed E-state index contributed by atoms with van der Waals surface area (Å²) < 4.78 is 28.0. The lowest BCUT2D eigenvalue weighted by Crippen LogP contribution is -2.08. The maximum atomic E-state index is 13.0. The molecule has 0 aromatic heterocycles. The lowest BCUT2D eigenvalue weighted by Gasteiger charge is -2.19. The van der Waals surface area contributed by atoms with Crippen LogP contribution in [0.1, 0.15) is 11.1 Å². The van der Waals surface area contributed by atoms with Gasteiger partial charge in [0.15, 0.2) is 0 Å². The molecule has 0 spiro atoms. The van der Waals surface area contributed by atoms with Gasteiger partial charge in [0.1, 0.15) is 5.75 Å². The largest absolute Gasteiger partial charge is 0.450 e. The molecule has 0 bridgehead atoms. The molecule has 2 fully saturated rings. The van der Waals surface area contributed by atoms with Crippen molar-refractivity contribution in [1.29, 1.82) is 5.26 Å². The zero-order valence-electron chi connectivity index (χ0n) is 14.9. The molecule has 0 saturated carbocycles. The minimum Gasteiger partial charge on any atom is -0.450 e. The predicted molar refractivity (Wildman–Crippen MR) is 99.9 cm³/mol. The summed E-state index contributed by atoms with van der Waals surface area (Å²) in [4.78, 5) is 10.8. The number of hydrogen-bond acceptors (Lipinski definition) is 6. The van der Waals surface area contributed by atoms with Crippen molar-refractivity contribution < 1.29 is 18.7 Å². The molecule has 144 valence electrons. The second-order valence-electron chi connectivity index (χ2n) is 6.47. The second kappa shape index (κ2) is 7.34.